The zero-order chi connectivity index (χ0) is 13.8. The summed E-state index contributed by atoms with van der Waals surface area (Å²) < 4.78 is 13.5. The fourth-order valence-electron chi connectivity index (χ4n) is 2.50. The summed E-state index contributed by atoms with van der Waals surface area (Å²) >= 11 is 0. The number of hydrogen-bond donors (Lipinski definition) is 3. The molecule has 0 heterocycles. The summed E-state index contributed by atoms with van der Waals surface area (Å²) in [6.45, 7) is 0.462. The Morgan fingerprint density at radius 3 is 3.00 bits per heavy atom. The number of hydrogen-bond acceptors (Lipinski definition) is 3. The van der Waals surface area contributed by atoms with Gasteiger partial charge in [0, 0.05) is 12.2 Å². The van der Waals surface area contributed by atoms with Gasteiger partial charge in [-0.25, -0.2) is 4.39 Å². The van der Waals surface area contributed by atoms with Crippen LogP contribution >= 0.6 is 0 Å². The molecule has 5 heteroatoms. The van der Waals surface area contributed by atoms with Crippen LogP contribution in [0.4, 0.5) is 10.1 Å². The molecule has 1 aliphatic rings. The van der Waals surface area contributed by atoms with Crippen molar-refractivity contribution in [3.8, 4) is 0 Å². The van der Waals surface area contributed by atoms with Crippen LogP contribution in [0.1, 0.15) is 36.0 Å². The first-order valence-corrected chi connectivity index (χ1v) is 6.57. The van der Waals surface area contributed by atoms with E-state index >= 15 is 0 Å². The second-order valence-electron chi connectivity index (χ2n) is 5.14. The van der Waals surface area contributed by atoms with Gasteiger partial charge in [0.2, 0.25) is 0 Å². The SMILES string of the molecule is Nc1ccc(F)c(C(=O)NCC2CCCC(O)C2)c1. The van der Waals surface area contributed by atoms with Gasteiger partial charge in [-0.2, -0.15) is 0 Å². The summed E-state index contributed by atoms with van der Waals surface area (Å²) in [5.74, 6) is -0.767. The molecule has 4 N–H and O–H groups in total. The topological polar surface area (TPSA) is 75.4 Å². The number of aliphatic hydroxyl groups is 1. The van der Waals surface area contributed by atoms with Crippen LogP contribution in [0.15, 0.2) is 18.2 Å². The molecule has 1 aromatic rings. The van der Waals surface area contributed by atoms with Crippen molar-refractivity contribution in [1.82, 2.24) is 5.32 Å². The number of nitrogens with one attached hydrogen (secondary N) is 1. The maximum absolute atomic E-state index is 13.5. The molecular formula is C14H19FN2O2. The lowest BCUT2D eigenvalue weighted by atomic mass is 9.87. The highest BCUT2D eigenvalue weighted by atomic mass is 19.1. The standard InChI is InChI=1S/C14H19FN2O2/c15-13-5-4-10(16)7-12(13)14(19)17-8-9-2-1-3-11(18)6-9/h4-5,7,9,11,18H,1-3,6,8,16H2,(H,17,19). The van der Waals surface area contributed by atoms with E-state index in [0.29, 0.717) is 18.7 Å². The number of anilines is 1. The average Bonchev–Trinajstić information content (AvgIpc) is 2.39. The summed E-state index contributed by atoms with van der Waals surface area (Å²) in [5.41, 5.74) is 5.87. The van der Waals surface area contributed by atoms with Crippen LogP contribution in [-0.2, 0) is 0 Å². The van der Waals surface area contributed by atoms with Crippen LogP contribution in [0.5, 0.6) is 0 Å². The third-order valence-electron chi connectivity index (χ3n) is 3.54. The zero-order valence-electron chi connectivity index (χ0n) is 10.7. The third-order valence-corrected chi connectivity index (χ3v) is 3.54. The molecule has 2 rings (SSSR count). The Balaban J connectivity index is 1.92. The number of rotatable bonds is 3. The van der Waals surface area contributed by atoms with Crippen molar-refractivity contribution in [3.05, 3.63) is 29.6 Å². The number of halogens is 1. The van der Waals surface area contributed by atoms with Gasteiger partial charge in [-0.1, -0.05) is 6.42 Å². The highest BCUT2D eigenvalue weighted by Crippen LogP contribution is 2.23. The van der Waals surface area contributed by atoms with Gasteiger partial charge in [-0.05, 0) is 43.4 Å². The van der Waals surface area contributed by atoms with E-state index < -0.39 is 11.7 Å². The molecule has 4 nitrogen and oxygen atoms in total. The Morgan fingerprint density at radius 1 is 1.47 bits per heavy atom. The molecule has 0 bridgehead atoms. The van der Waals surface area contributed by atoms with E-state index in [1.807, 2.05) is 0 Å². The molecule has 1 fully saturated rings. The lowest BCUT2D eigenvalue weighted by Crippen LogP contribution is -2.33. The zero-order valence-corrected chi connectivity index (χ0v) is 10.7. The summed E-state index contributed by atoms with van der Waals surface area (Å²) in [7, 11) is 0. The molecule has 0 radical (unpaired) electrons. The third kappa shape index (κ3) is 3.67. The lowest BCUT2D eigenvalue weighted by molar-refractivity contribution is 0.0871. The summed E-state index contributed by atoms with van der Waals surface area (Å²) in [5, 5.41) is 12.3. The smallest absolute Gasteiger partial charge is 0.254 e. The van der Waals surface area contributed by atoms with E-state index in [9.17, 15) is 14.3 Å². The minimum Gasteiger partial charge on any atom is -0.399 e. The Kier molecular flexibility index (Phi) is 4.37. The molecule has 1 saturated carbocycles. The molecule has 0 spiro atoms. The van der Waals surface area contributed by atoms with Gasteiger partial charge in [0.05, 0.1) is 11.7 Å². The van der Waals surface area contributed by atoms with E-state index in [4.69, 9.17) is 5.73 Å². The molecular weight excluding hydrogens is 247 g/mol. The number of benzene rings is 1. The maximum atomic E-state index is 13.5. The minimum atomic E-state index is -0.574. The van der Waals surface area contributed by atoms with Crippen molar-refractivity contribution in [3.63, 3.8) is 0 Å². The first-order valence-electron chi connectivity index (χ1n) is 6.57. The number of carbonyl (C=O) groups excluding carboxylic acids is 1. The first-order chi connectivity index (χ1) is 9.06. The van der Waals surface area contributed by atoms with E-state index in [1.165, 1.54) is 18.2 Å². The van der Waals surface area contributed by atoms with Gasteiger partial charge in [0.25, 0.3) is 5.91 Å². The predicted octanol–water partition coefficient (Wildman–Crippen LogP) is 1.69. The summed E-state index contributed by atoms with van der Waals surface area (Å²) in [6.07, 6.45) is 3.19. The molecule has 1 amide bonds. The molecule has 19 heavy (non-hydrogen) atoms. The van der Waals surface area contributed by atoms with Gasteiger partial charge in [0.1, 0.15) is 5.82 Å². The molecule has 0 saturated heterocycles. The minimum absolute atomic E-state index is 0.0312. The van der Waals surface area contributed by atoms with E-state index in [0.717, 1.165) is 19.3 Å². The van der Waals surface area contributed by atoms with Crippen molar-refractivity contribution in [2.75, 3.05) is 12.3 Å². The number of amides is 1. The maximum Gasteiger partial charge on any atom is 0.254 e. The lowest BCUT2D eigenvalue weighted by Gasteiger charge is -2.25. The Bertz CT molecular complexity index is 465. The van der Waals surface area contributed by atoms with Crippen molar-refractivity contribution in [2.24, 2.45) is 5.92 Å². The first kappa shape index (κ1) is 13.8. The van der Waals surface area contributed by atoms with Gasteiger partial charge in [-0.3, -0.25) is 4.79 Å². The van der Waals surface area contributed by atoms with Crippen LogP contribution < -0.4 is 11.1 Å². The van der Waals surface area contributed by atoms with E-state index in [1.54, 1.807) is 0 Å². The van der Waals surface area contributed by atoms with Crippen LogP contribution in [-0.4, -0.2) is 23.7 Å². The van der Waals surface area contributed by atoms with Crippen LogP contribution in [0.25, 0.3) is 0 Å². The van der Waals surface area contributed by atoms with Gasteiger partial charge >= 0.3 is 0 Å². The van der Waals surface area contributed by atoms with Gasteiger partial charge in [0.15, 0.2) is 0 Å². The molecule has 1 aromatic carbocycles. The average molecular weight is 266 g/mol. The number of aliphatic hydroxyl groups excluding tert-OH is 1. The fraction of sp³-hybridized carbons (Fsp3) is 0.500. The molecule has 2 atom stereocenters. The van der Waals surface area contributed by atoms with Gasteiger partial charge in [-0.15, -0.1) is 0 Å². The molecule has 0 aromatic heterocycles. The Hall–Kier alpha value is -1.62. The van der Waals surface area contributed by atoms with Crippen LogP contribution in [0, 0.1) is 11.7 Å². The Morgan fingerprint density at radius 2 is 2.26 bits per heavy atom. The van der Waals surface area contributed by atoms with Crippen molar-refractivity contribution in [1.29, 1.82) is 0 Å². The molecule has 1 aliphatic carbocycles. The second kappa shape index (κ2) is 6.02. The van der Waals surface area contributed by atoms with Gasteiger partial charge < -0.3 is 16.2 Å². The van der Waals surface area contributed by atoms with Crippen molar-refractivity contribution < 1.29 is 14.3 Å². The fourth-order valence-corrected chi connectivity index (χ4v) is 2.50. The summed E-state index contributed by atoms with van der Waals surface area (Å²) in [4.78, 5) is 11.9. The molecule has 104 valence electrons. The second-order valence-corrected chi connectivity index (χ2v) is 5.14. The number of nitrogens with two attached hydrogens (primary N) is 1. The molecule has 2 unspecified atom stereocenters. The Labute approximate surface area is 111 Å². The number of carbonyl (C=O) groups is 1. The highest BCUT2D eigenvalue weighted by Gasteiger charge is 2.21. The summed E-state index contributed by atoms with van der Waals surface area (Å²) in [6, 6.07) is 3.94. The van der Waals surface area contributed by atoms with E-state index in [2.05, 4.69) is 5.32 Å². The van der Waals surface area contributed by atoms with E-state index in [-0.39, 0.29) is 17.6 Å². The molecule has 0 aliphatic heterocycles. The largest absolute Gasteiger partial charge is 0.399 e. The highest BCUT2D eigenvalue weighted by molar-refractivity contribution is 5.95. The van der Waals surface area contributed by atoms with Crippen molar-refractivity contribution in [2.45, 2.75) is 31.8 Å². The van der Waals surface area contributed by atoms with Crippen LogP contribution in [0.3, 0.4) is 0 Å². The van der Waals surface area contributed by atoms with Crippen molar-refractivity contribution >= 4 is 11.6 Å². The van der Waals surface area contributed by atoms with Crippen LogP contribution in [0.2, 0.25) is 0 Å². The number of nitrogen functional groups attached to an aromatic ring is 1. The predicted molar refractivity (Wildman–Crippen MR) is 71.1 cm³/mol. The normalized spacial score (nSPS) is 23.1. The monoisotopic (exact) mass is 266 g/mol. The quantitative estimate of drug-likeness (QED) is 0.729.